The van der Waals surface area contributed by atoms with Crippen molar-refractivity contribution in [2.75, 3.05) is 5.32 Å². The Hall–Kier alpha value is -2.08. The number of thiocarbonyl (C=S) groups is 1. The predicted octanol–water partition coefficient (Wildman–Crippen LogP) is 5.45. The quantitative estimate of drug-likeness (QED) is 0.715. The fraction of sp³-hybridized carbons (Fsp3) is 0.278. The van der Waals surface area contributed by atoms with Gasteiger partial charge in [0.25, 0.3) is 0 Å². The molecule has 2 rings (SSSR count). The molecular formula is C18H19F3N2S. The highest BCUT2D eigenvalue weighted by Crippen LogP contribution is 2.29. The van der Waals surface area contributed by atoms with Crippen LogP contribution < -0.4 is 10.6 Å². The van der Waals surface area contributed by atoms with Gasteiger partial charge in [-0.1, -0.05) is 31.2 Å². The van der Waals surface area contributed by atoms with Crippen molar-refractivity contribution in [3.05, 3.63) is 65.2 Å². The van der Waals surface area contributed by atoms with Gasteiger partial charge in [0, 0.05) is 5.69 Å². The molecule has 1 atom stereocenters. The van der Waals surface area contributed by atoms with Crippen LogP contribution in [0.1, 0.15) is 36.1 Å². The predicted molar refractivity (Wildman–Crippen MR) is 95.0 cm³/mol. The van der Waals surface area contributed by atoms with E-state index in [-0.39, 0.29) is 6.04 Å². The summed E-state index contributed by atoms with van der Waals surface area (Å²) in [5.74, 6) is 0. The molecule has 0 aromatic heterocycles. The van der Waals surface area contributed by atoms with Crippen molar-refractivity contribution in [3.8, 4) is 0 Å². The van der Waals surface area contributed by atoms with E-state index in [4.69, 9.17) is 12.2 Å². The summed E-state index contributed by atoms with van der Waals surface area (Å²) in [6, 6.07) is 12.9. The van der Waals surface area contributed by atoms with Crippen LogP contribution in [0.2, 0.25) is 0 Å². The number of hydrogen-bond acceptors (Lipinski definition) is 1. The molecule has 0 aliphatic carbocycles. The van der Waals surface area contributed by atoms with Crippen molar-refractivity contribution in [2.24, 2.45) is 0 Å². The number of halogens is 3. The first-order valence-electron chi connectivity index (χ1n) is 7.61. The summed E-state index contributed by atoms with van der Waals surface area (Å²) in [7, 11) is 0. The Morgan fingerprint density at radius 1 is 1.08 bits per heavy atom. The maximum atomic E-state index is 12.6. The zero-order valence-corrected chi connectivity index (χ0v) is 14.3. The lowest BCUT2D eigenvalue weighted by Crippen LogP contribution is -2.32. The second kappa shape index (κ2) is 7.66. The standard InChI is InChI=1S/C18H19F3N2S/c1-3-16(15-7-5-4-6-12(15)2)23-17(24)22-14-10-8-13(9-11-14)18(19,20)21/h4-11,16H,3H2,1-2H3,(H2,22,23,24)/t16-/m0/s1. The molecule has 0 amide bonds. The topological polar surface area (TPSA) is 24.1 Å². The molecule has 2 N–H and O–H groups in total. The van der Waals surface area contributed by atoms with E-state index in [1.165, 1.54) is 12.1 Å². The van der Waals surface area contributed by atoms with Gasteiger partial charge in [0.15, 0.2) is 5.11 Å². The van der Waals surface area contributed by atoms with Gasteiger partial charge in [-0.2, -0.15) is 13.2 Å². The number of aryl methyl sites for hydroxylation is 1. The molecule has 24 heavy (non-hydrogen) atoms. The van der Waals surface area contributed by atoms with E-state index in [0.717, 1.165) is 29.7 Å². The minimum Gasteiger partial charge on any atom is -0.356 e. The minimum absolute atomic E-state index is 0.0423. The fourth-order valence-electron chi connectivity index (χ4n) is 2.45. The first-order chi connectivity index (χ1) is 11.3. The van der Waals surface area contributed by atoms with Gasteiger partial charge in [0.2, 0.25) is 0 Å². The monoisotopic (exact) mass is 352 g/mol. The average Bonchev–Trinajstić information content (AvgIpc) is 2.53. The van der Waals surface area contributed by atoms with Crippen LogP contribution in [0.3, 0.4) is 0 Å². The molecule has 0 fully saturated rings. The molecule has 0 radical (unpaired) electrons. The lowest BCUT2D eigenvalue weighted by Gasteiger charge is -2.21. The largest absolute Gasteiger partial charge is 0.416 e. The van der Waals surface area contributed by atoms with Crippen molar-refractivity contribution in [2.45, 2.75) is 32.5 Å². The third kappa shape index (κ3) is 4.71. The molecule has 2 aromatic carbocycles. The van der Waals surface area contributed by atoms with Crippen LogP contribution in [0.4, 0.5) is 18.9 Å². The molecule has 0 aliphatic heterocycles. The number of rotatable bonds is 4. The lowest BCUT2D eigenvalue weighted by molar-refractivity contribution is -0.137. The summed E-state index contributed by atoms with van der Waals surface area (Å²) >= 11 is 5.28. The normalized spacial score (nSPS) is 12.5. The maximum absolute atomic E-state index is 12.6. The number of nitrogens with one attached hydrogen (secondary N) is 2. The molecule has 0 bridgehead atoms. The molecule has 128 valence electrons. The van der Waals surface area contributed by atoms with E-state index < -0.39 is 11.7 Å². The van der Waals surface area contributed by atoms with Crippen molar-refractivity contribution in [3.63, 3.8) is 0 Å². The van der Waals surface area contributed by atoms with Gasteiger partial charge in [-0.15, -0.1) is 0 Å². The number of benzene rings is 2. The van der Waals surface area contributed by atoms with Crippen LogP contribution in [0.15, 0.2) is 48.5 Å². The third-order valence-electron chi connectivity index (χ3n) is 3.75. The van der Waals surface area contributed by atoms with Gasteiger partial charge in [-0.3, -0.25) is 0 Å². The van der Waals surface area contributed by atoms with Crippen molar-refractivity contribution in [1.29, 1.82) is 0 Å². The molecule has 0 unspecified atom stereocenters. The Balaban J connectivity index is 2.03. The highest BCUT2D eigenvalue weighted by molar-refractivity contribution is 7.80. The van der Waals surface area contributed by atoms with Gasteiger partial charge in [0.1, 0.15) is 0 Å². The van der Waals surface area contributed by atoms with Crippen LogP contribution in [0.25, 0.3) is 0 Å². The summed E-state index contributed by atoms with van der Waals surface area (Å²) in [5.41, 5.74) is 2.14. The smallest absolute Gasteiger partial charge is 0.356 e. The molecule has 0 saturated heterocycles. The molecule has 6 heteroatoms. The zero-order chi connectivity index (χ0) is 17.7. The highest BCUT2D eigenvalue weighted by Gasteiger charge is 2.29. The number of alkyl halides is 3. The Morgan fingerprint density at radius 3 is 2.25 bits per heavy atom. The van der Waals surface area contributed by atoms with Gasteiger partial charge in [-0.05, 0) is 61.0 Å². The molecule has 0 saturated carbocycles. The van der Waals surface area contributed by atoms with E-state index in [0.29, 0.717) is 10.8 Å². The highest BCUT2D eigenvalue weighted by atomic mass is 32.1. The molecule has 0 spiro atoms. The van der Waals surface area contributed by atoms with Crippen LogP contribution in [-0.4, -0.2) is 5.11 Å². The van der Waals surface area contributed by atoms with Crippen LogP contribution in [-0.2, 0) is 6.18 Å². The van der Waals surface area contributed by atoms with Crippen LogP contribution in [0.5, 0.6) is 0 Å². The van der Waals surface area contributed by atoms with E-state index in [1.54, 1.807) is 0 Å². The second-order valence-corrected chi connectivity index (χ2v) is 5.90. The summed E-state index contributed by atoms with van der Waals surface area (Å²) < 4.78 is 37.7. The Bertz CT molecular complexity index is 696. The first kappa shape index (κ1) is 18.3. The Kier molecular flexibility index (Phi) is 5.83. The molecular weight excluding hydrogens is 333 g/mol. The second-order valence-electron chi connectivity index (χ2n) is 5.49. The minimum atomic E-state index is -4.34. The summed E-state index contributed by atoms with van der Waals surface area (Å²) in [6.07, 6.45) is -3.50. The maximum Gasteiger partial charge on any atom is 0.416 e. The third-order valence-corrected chi connectivity index (χ3v) is 3.97. The zero-order valence-electron chi connectivity index (χ0n) is 13.4. The first-order valence-corrected chi connectivity index (χ1v) is 8.02. The summed E-state index contributed by atoms with van der Waals surface area (Å²) in [4.78, 5) is 0. The summed E-state index contributed by atoms with van der Waals surface area (Å²) in [6.45, 7) is 4.08. The van der Waals surface area contributed by atoms with Crippen molar-refractivity contribution >= 4 is 23.0 Å². The Labute approximate surface area is 145 Å². The Morgan fingerprint density at radius 2 is 1.71 bits per heavy atom. The lowest BCUT2D eigenvalue weighted by atomic mass is 10.00. The average molecular weight is 352 g/mol. The van der Waals surface area contributed by atoms with E-state index in [1.807, 2.05) is 38.1 Å². The van der Waals surface area contributed by atoms with Gasteiger partial charge in [-0.25, -0.2) is 0 Å². The van der Waals surface area contributed by atoms with Gasteiger partial charge >= 0.3 is 6.18 Å². The van der Waals surface area contributed by atoms with E-state index in [2.05, 4.69) is 10.6 Å². The molecule has 2 aromatic rings. The van der Waals surface area contributed by atoms with Crippen LogP contribution >= 0.6 is 12.2 Å². The summed E-state index contributed by atoms with van der Waals surface area (Å²) in [5, 5.41) is 6.52. The SMILES string of the molecule is CC[C@H](NC(=S)Nc1ccc(C(F)(F)F)cc1)c1ccccc1C. The molecule has 0 heterocycles. The van der Waals surface area contributed by atoms with Crippen molar-refractivity contribution in [1.82, 2.24) is 5.32 Å². The fourth-order valence-corrected chi connectivity index (χ4v) is 2.71. The van der Waals surface area contributed by atoms with Crippen LogP contribution in [0, 0.1) is 6.92 Å². The van der Waals surface area contributed by atoms with Gasteiger partial charge < -0.3 is 10.6 Å². The molecule has 0 aliphatic rings. The number of hydrogen-bond donors (Lipinski definition) is 2. The van der Waals surface area contributed by atoms with Gasteiger partial charge in [0.05, 0.1) is 11.6 Å². The number of anilines is 1. The van der Waals surface area contributed by atoms with Crippen molar-refractivity contribution < 1.29 is 13.2 Å². The van der Waals surface area contributed by atoms with E-state index >= 15 is 0 Å². The van der Waals surface area contributed by atoms with E-state index in [9.17, 15) is 13.2 Å². The molecule has 2 nitrogen and oxygen atoms in total.